The minimum Gasteiger partial charge on any atom is -0.383 e. The van der Waals surface area contributed by atoms with Crippen molar-refractivity contribution < 1.29 is 9.47 Å². The lowest BCUT2D eigenvalue weighted by Crippen LogP contribution is -2.44. The Balaban J connectivity index is 0.00000400. The highest BCUT2D eigenvalue weighted by atomic mass is 127. The van der Waals surface area contributed by atoms with Crippen molar-refractivity contribution in [3.8, 4) is 0 Å². The summed E-state index contributed by atoms with van der Waals surface area (Å²) in [6.45, 7) is 11.5. The van der Waals surface area contributed by atoms with Gasteiger partial charge in [0.2, 0.25) is 0 Å². The third-order valence-corrected chi connectivity index (χ3v) is 3.15. The highest BCUT2D eigenvalue weighted by molar-refractivity contribution is 14.0. The lowest BCUT2D eigenvalue weighted by molar-refractivity contribution is 0.0377. The number of hydrogen-bond acceptors (Lipinski definition) is 4. The van der Waals surface area contributed by atoms with Gasteiger partial charge in [-0.3, -0.25) is 9.89 Å². The third kappa shape index (κ3) is 10.3. The van der Waals surface area contributed by atoms with Gasteiger partial charge in [0.15, 0.2) is 5.96 Å². The Morgan fingerprint density at radius 1 is 1.38 bits per heavy atom. The molecule has 0 radical (unpaired) electrons. The number of methoxy groups -OCH3 is 1. The average Bonchev–Trinajstić information content (AvgIpc) is 2.45. The summed E-state index contributed by atoms with van der Waals surface area (Å²) in [4.78, 5) is 7.04. The van der Waals surface area contributed by atoms with Crippen LogP contribution in [0.5, 0.6) is 0 Å². The molecular weight excluding hydrogens is 383 g/mol. The van der Waals surface area contributed by atoms with Crippen LogP contribution in [0.2, 0.25) is 0 Å². The van der Waals surface area contributed by atoms with Gasteiger partial charge in [0.1, 0.15) is 0 Å². The molecule has 0 spiro atoms. The van der Waals surface area contributed by atoms with Gasteiger partial charge in [0, 0.05) is 45.9 Å². The summed E-state index contributed by atoms with van der Waals surface area (Å²) in [6, 6.07) is 0.261. The first kappa shape index (κ1) is 20.9. The van der Waals surface area contributed by atoms with E-state index in [1.54, 1.807) is 7.11 Å². The first-order chi connectivity index (χ1) is 9.76. The molecule has 1 unspecified atom stereocenters. The summed E-state index contributed by atoms with van der Waals surface area (Å²) in [5.74, 6) is 0.874. The number of nitrogens with one attached hydrogen (secondary N) is 2. The predicted octanol–water partition coefficient (Wildman–Crippen LogP) is 0.917. The zero-order valence-electron chi connectivity index (χ0n) is 13.6. The van der Waals surface area contributed by atoms with Crippen molar-refractivity contribution in [2.45, 2.75) is 26.3 Å². The smallest absolute Gasteiger partial charge is 0.191 e. The van der Waals surface area contributed by atoms with E-state index in [2.05, 4.69) is 34.4 Å². The van der Waals surface area contributed by atoms with Gasteiger partial charge in [-0.15, -0.1) is 24.0 Å². The molecule has 21 heavy (non-hydrogen) atoms. The summed E-state index contributed by atoms with van der Waals surface area (Å²) >= 11 is 0. The van der Waals surface area contributed by atoms with E-state index in [1.807, 2.05) is 0 Å². The van der Waals surface area contributed by atoms with Crippen molar-refractivity contribution in [2.24, 2.45) is 4.99 Å². The highest BCUT2D eigenvalue weighted by Gasteiger charge is 2.09. The molecular formula is C14H31IN4O2. The van der Waals surface area contributed by atoms with Gasteiger partial charge in [-0.05, 0) is 20.3 Å². The molecule has 1 atom stereocenters. The number of rotatable bonds is 8. The van der Waals surface area contributed by atoms with Gasteiger partial charge in [-0.2, -0.15) is 0 Å². The zero-order chi connectivity index (χ0) is 14.6. The maximum atomic E-state index is 5.34. The minimum atomic E-state index is 0. The van der Waals surface area contributed by atoms with Crippen LogP contribution in [-0.2, 0) is 9.47 Å². The van der Waals surface area contributed by atoms with Crippen LogP contribution < -0.4 is 10.6 Å². The molecule has 1 aliphatic rings. The Labute approximate surface area is 146 Å². The third-order valence-electron chi connectivity index (χ3n) is 3.15. The monoisotopic (exact) mass is 414 g/mol. The quantitative estimate of drug-likeness (QED) is 0.268. The van der Waals surface area contributed by atoms with Gasteiger partial charge >= 0.3 is 0 Å². The number of guanidine groups is 1. The number of ether oxygens (including phenoxy) is 2. The molecule has 0 aliphatic carbocycles. The van der Waals surface area contributed by atoms with Crippen LogP contribution in [0, 0.1) is 0 Å². The molecule has 0 amide bonds. The standard InChI is InChI=1S/C14H30N4O2.HI/c1-4-15-14(17-13(2)12-19-3)16-6-5-7-18-8-10-20-11-9-18;/h13H,4-12H2,1-3H3,(H2,15,16,17);1H. The Morgan fingerprint density at radius 3 is 2.71 bits per heavy atom. The van der Waals surface area contributed by atoms with Crippen molar-refractivity contribution in [3.05, 3.63) is 0 Å². The van der Waals surface area contributed by atoms with Crippen molar-refractivity contribution in [3.63, 3.8) is 0 Å². The maximum absolute atomic E-state index is 5.34. The van der Waals surface area contributed by atoms with E-state index in [0.717, 1.165) is 58.3 Å². The molecule has 0 aromatic carbocycles. The second kappa shape index (κ2) is 13.5. The Kier molecular flexibility index (Phi) is 13.5. The largest absolute Gasteiger partial charge is 0.383 e. The van der Waals surface area contributed by atoms with E-state index in [-0.39, 0.29) is 30.0 Å². The topological polar surface area (TPSA) is 58.1 Å². The van der Waals surface area contributed by atoms with Crippen molar-refractivity contribution >= 4 is 29.9 Å². The highest BCUT2D eigenvalue weighted by Crippen LogP contribution is 1.98. The number of nitrogens with zero attached hydrogens (tertiary/aromatic N) is 2. The fourth-order valence-electron chi connectivity index (χ4n) is 2.16. The lowest BCUT2D eigenvalue weighted by Gasteiger charge is -2.26. The van der Waals surface area contributed by atoms with Crippen molar-refractivity contribution in [2.75, 3.05) is 59.7 Å². The number of halogens is 1. The molecule has 0 aromatic rings. The summed E-state index contributed by atoms with van der Waals surface area (Å²) in [5.41, 5.74) is 0. The predicted molar refractivity (Wildman–Crippen MR) is 97.7 cm³/mol. The minimum absolute atomic E-state index is 0. The van der Waals surface area contributed by atoms with E-state index < -0.39 is 0 Å². The van der Waals surface area contributed by atoms with Crippen LogP contribution in [0.15, 0.2) is 4.99 Å². The second-order valence-electron chi connectivity index (χ2n) is 5.07. The molecule has 6 nitrogen and oxygen atoms in total. The summed E-state index contributed by atoms with van der Waals surface area (Å²) < 4.78 is 10.5. The fourth-order valence-corrected chi connectivity index (χ4v) is 2.16. The van der Waals surface area contributed by atoms with Crippen molar-refractivity contribution in [1.29, 1.82) is 0 Å². The van der Waals surface area contributed by atoms with Gasteiger partial charge in [-0.25, -0.2) is 0 Å². The summed E-state index contributed by atoms with van der Waals surface area (Å²) in [7, 11) is 1.71. The van der Waals surface area contributed by atoms with E-state index in [1.165, 1.54) is 0 Å². The lowest BCUT2D eigenvalue weighted by atomic mass is 10.3. The van der Waals surface area contributed by atoms with Gasteiger partial charge in [0.25, 0.3) is 0 Å². The van der Waals surface area contributed by atoms with Crippen LogP contribution in [-0.4, -0.2) is 76.6 Å². The molecule has 7 heteroatoms. The number of morpholine rings is 1. The van der Waals surface area contributed by atoms with E-state index in [4.69, 9.17) is 9.47 Å². The second-order valence-corrected chi connectivity index (χ2v) is 5.07. The Morgan fingerprint density at radius 2 is 2.10 bits per heavy atom. The number of aliphatic imine (C=N–C) groups is 1. The van der Waals surface area contributed by atoms with Crippen LogP contribution in [0.1, 0.15) is 20.3 Å². The zero-order valence-corrected chi connectivity index (χ0v) is 15.9. The molecule has 1 heterocycles. The number of hydrogen-bond donors (Lipinski definition) is 2. The molecule has 1 aliphatic heterocycles. The van der Waals surface area contributed by atoms with E-state index in [0.29, 0.717) is 6.61 Å². The van der Waals surface area contributed by atoms with E-state index >= 15 is 0 Å². The maximum Gasteiger partial charge on any atom is 0.191 e. The first-order valence-corrected chi connectivity index (χ1v) is 7.60. The average molecular weight is 414 g/mol. The molecule has 126 valence electrons. The summed E-state index contributed by atoms with van der Waals surface area (Å²) in [5, 5.41) is 6.60. The van der Waals surface area contributed by atoms with Crippen LogP contribution >= 0.6 is 24.0 Å². The normalized spacial score (nSPS) is 18.0. The van der Waals surface area contributed by atoms with Gasteiger partial charge < -0.3 is 20.1 Å². The van der Waals surface area contributed by atoms with Gasteiger partial charge in [-0.1, -0.05) is 0 Å². The molecule has 1 rings (SSSR count). The first-order valence-electron chi connectivity index (χ1n) is 7.60. The molecule has 0 saturated carbocycles. The van der Waals surface area contributed by atoms with E-state index in [9.17, 15) is 0 Å². The molecule has 0 aromatic heterocycles. The SMILES string of the molecule is CCNC(=NCCCN1CCOCC1)NC(C)COC.I. The van der Waals surface area contributed by atoms with Crippen LogP contribution in [0.3, 0.4) is 0 Å². The van der Waals surface area contributed by atoms with Gasteiger partial charge in [0.05, 0.1) is 19.8 Å². The fraction of sp³-hybridized carbons (Fsp3) is 0.929. The molecule has 0 bridgehead atoms. The van der Waals surface area contributed by atoms with Crippen LogP contribution in [0.25, 0.3) is 0 Å². The molecule has 1 saturated heterocycles. The van der Waals surface area contributed by atoms with Crippen LogP contribution in [0.4, 0.5) is 0 Å². The molecule has 1 fully saturated rings. The Bertz CT molecular complexity index is 274. The molecule has 2 N–H and O–H groups in total. The summed E-state index contributed by atoms with van der Waals surface area (Å²) in [6.07, 6.45) is 1.08. The van der Waals surface area contributed by atoms with Crippen molar-refractivity contribution in [1.82, 2.24) is 15.5 Å². The Hall–Kier alpha value is -0.120.